The lowest BCUT2D eigenvalue weighted by Crippen LogP contribution is -2.44. The van der Waals surface area contributed by atoms with E-state index in [-0.39, 0.29) is 18.1 Å². The van der Waals surface area contributed by atoms with E-state index in [4.69, 9.17) is 0 Å². The molecule has 1 aliphatic rings. The third kappa shape index (κ3) is 3.46. The molecule has 0 saturated heterocycles. The van der Waals surface area contributed by atoms with Crippen LogP contribution in [0.1, 0.15) is 44.6 Å². The zero-order valence-electron chi connectivity index (χ0n) is 12.3. The van der Waals surface area contributed by atoms with Crippen LogP contribution >= 0.6 is 0 Å². The number of amides is 1. The molecule has 1 heterocycles. The van der Waals surface area contributed by atoms with Gasteiger partial charge in [-0.15, -0.1) is 0 Å². The predicted molar refractivity (Wildman–Crippen MR) is 77.5 cm³/mol. The van der Waals surface area contributed by atoms with E-state index < -0.39 is 0 Å². The van der Waals surface area contributed by atoms with Gasteiger partial charge in [-0.2, -0.15) is 0 Å². The van der Waals surface area contributed by atoms with Crippen molar-refractivity contribution in [3.8, 4) is 0 Å². The second-order valence-corrected chi connectivity index (χ2v) is 5.51. The van der Waals surface area contributed by atoms with Crippen LogP contribution in [0.4, 0.5) is 0 Å². The molecule has 0 radical (unpaired) electrons. The number of likely N-dealkylation sites (N-methyl/N-ethyl adjacent to an activating group) is 1. The predicted octanol–water partition coefficient (Wildman–Crippen LogP) is 1.73. The van der Waals surface area contributed by atoms with Gasteiger partial charge >= 0.3 is 5.69 Å². The van der Waals surface area contributed by atoms with Crippen molar-refractivity contribution in [1.82, 2.24) is 14.5 Å². The second-order valence-electron chi connectivity index (χ2n) is 5.51. The zero-order valence-corrected chi connectivity index (χ0v) is 12.3. The van der Waals surface area contributed by atoms with Crippen molar-refractivity contribution < 1.29 is 4.79 Å². The highest BCUT2D eigenvalue weighted by Gasteiger charge is 2.24. The number of aryl methyl sites for hydroxylation is 1. The number of hydrogen-bond donors (Lipinski definition) is 0. The number of rotatable bonds is 4. The summed E-state index contributed by atoms with van der Waals surface area (Å²) in [6, 6.07) is 0.342. The van der Waals surface area contributed by atoms with Crippen molar-refractivity contribution in [1.29, 1.82) is 0 Å². The first-order valence-electron chi connectivity index (χ1n) is 7.44. The molecule has 1 amide bonds. The average Bonchev–Trinajstić information content (AvgIpc) is 2.45. The number of nitrogens with zero attached hydrogens (tertiary/aromatic N) is 3. The highest BCUT2D eigenvalue weighted by atomic mass is 16.2. The quantitative estimate of drug-likeness (QED) is 0.842. The van der Waals surface area contributed by atoms with Gasteiger partial charge in [0.15, 0.2) is 0 Å². The van der Waals surface area contributed by atoms with Gasteiger partial charge < -0.3 is 4.90 Å². The molecule has 20 heavy (non-hydrogen) atoms. The molecule has 5 nitrogen and oxygen atoms in total. The van der Waals surface area contributed by atoms with E-state index in [1.54, 1.807) is 6.20 Å². The molecule has 0 aromatic carbocycles. The van der Waals surface area contributed by atoms with Crippen molar-refractivity contribution >= 4 is 5.91 Å². The molecule has 1 aliphatic carbocycles. The Balaban J connectivity index is 2.08. The Hall–Kier alpha value is -1.65. The van der Waals surface area contributed by atoms with E-state index in [2.05, 4.69) is 4.98 Å². The maximum atomic E-state index is 12.4. The average molecular weight is 277 g/mol. The lowest BCUT2D eigenvalue weighted by Gasteiger charge is -2.33. The summed E-state index contributed by atoms with van der Waals surface area (Å²) in [5.74, 6) is 0.0221. The highest BCUT2D eigenvalue weighted by Crippen LogP contribution is 2.22. The molecule has 0 bridgehead atoms. The molecule has 5 heteroatoms. The maximum absolute atomic E-state index is 12.4. The van der Waals surface area contributed by atoms with Crippen LogP contribution < -0.4 is 5.69 Å². The summed E-state index contributed by atoms with van der Waals surface area (Å²) in [5, 5.41) is 0. The molecule has 1 fully saturated rings. The standard InChI is InChI=1S/C15H23N3O2/c1-3-18(13-7-5-4-6-8-13)14(19)11-17-10-12(2)9-16-15(17)20/h9-10,13H,3-8,11H2,1-2H3. The van der Waals surface area contributed by atoms with Gasteiger partial charge in [0.1, 0.15) is 6.54 Å². The van der Waals surface area contributed by atoms with Gasteiger partial charge in [-0.3, -0.25) is 9.36 Å². The molecule has 0 aliphatic heterocycles. The van der Waals surface area contributed by atoms with Crippen LogP contribution in [-0.4, -0.2) is 32.9 Å². The van der Waals surface area contributed by atoms with Crippen LogP contribution in [0.3, 0.4) is 0 Å². The molecule has 0 unspecified atom stereocenters. The van der Waals surface area contributed by atoms with Gasteiger partial charge in [0.2, 0.25) is 5.91 Å². The third-order valence-electron chi connectivity index (χ3n) is 3.97. The first-order chi connectivity index (χ1) is 9.61. The van der Waals surface area contributed by atoms with Gasteiger partial charge in [0, 0.05) is 25.0 Å². The topological polar surface area (TPSA) is 55.2 Å². The molecule has 2 rings (SSSR count). The Morgan fingerprint density at radius 2 is 2.10 bits per heavy atom. The molecule has 1 aromatic rings. The summed E-state index contributed by atoms with van der Waals surface area (Å²) in [5.41, 5.74) is 0.529. The zero-order chi connectivity index (χ0) is 14.5. The van der Waals surface area contributed by atoms with Gasteiger partial charge in [-0.1, -0.05) is 19.3 Å². The molecule has 1 saturated carbocycles. The van der Waals surface area contributed by atoms with E-state index in [1.165, 1.54) is 30.0 Å². The smallest absolute Gasteiger partial charge is 0.338 e. The van der Waals surface area contributed by atoms with E-state index in [0.29, 0.717) is 12.6 Å². The first kappa shape index (κ1) is 14.8. The van der Waals surface area contributed by atoms with Crippen molar-refractivity contribution in [2.45, 2.75) is 58.5 Å². The van der Waals surface area contributed by atoms with Crippen molar-refractivity contribution in [3.63, 3.8) is 0 Å². The minimum Gasteiger partial charge on any atom is -0.338 e. The molecule has 0 N–H and O–H groups in total. The van der Waals surface area contributed by atoms with E-state index in [0.717, 1.165) is 18.4 Å². The normalized spacial score (nSPS) is 16.1. The highest BCUT2D eigenvalue weighted by molar-refractivity contribution is 5.76. The Morgan fingerprint density at radius 3 is 2.75 bits per heavy atom. The van der Waals surface area contributed by atoms with Crippen molar-refractivity contribution in [3.05, 3.63) is 28.4 Å². The molecule has 1 aromatic heterocycles. The van der Waals surface area contributed by atoms with Crippen LogP contribution in [0, 0.1) is 6.92 Å². The van der Waals surface area contributed by atoms with Crippen LogP contribution in [0.25, 0.3) is 0 Å². The molecular formula is C15H23N3O2. The van der Waals surface area contributed by atoms with Crippen molar-refractivity contribution in [2.75, 3.05) is 6.54 Å². The fraction of sp³-hybridized carbons (Fsp3) is 0.667. The number of carbonyl (C=O) groups excluding carboxylic acids is 1. The van der Waals surface area contributed by atoms with E-state index >= 15 is 0 Å². The summed E-state index contributed by atoms with van der Waals surface area (Å²) >= 11 is 0. The first-order valence-corrected chi connectivity index (χ1v) is 7.44. The summed E-state index contributed by atoms with van der Waals surface area (Å²) in [7, 11) is 0. The van der Waals surface area contributed by atoms with Crippen LogP contribution in [0.2, 0.25) is 0 Å². The van der Waals surface area contributed by atoms with E-state index in [1.807, 2.05) is 18.7 Å². The Labute approximate surface area is 119 Å². The minimum atomic E-state index is -0.358. The summed E-state index contributed by atoms with van der Waals surface area (Å²) in [6.07, 6.45) is 9.05. The Kier molecular flexibility index (Phi) is 4.93. The second kappa shape index (κ2) is 6.68. The van der Waals surface area contributed by atoms with Crippen LogP contribution in [0.5, 0.6) is 0 Å². The molecular weight excluding hydrogens is 254 g/mol. The largest absolute Gasteiger partial charge is 0.347 e. The minimum absolute atomic E-state index is 0.0221. The number of hydrogen-bond acceptors (Lipinski definition) is 3. The van der Waals surface area contributed by atoms with Crippen LogP contribution in [-0.2, 0) is 11.3 Å². The van der Waals surface area contributed by atoms with Crippen LogP contribution in [0.15, 0.2) is 17.2 Å². The van der Waals surface area contributed by atoms with Gasteiger partial charge in [-0.25, -0.2) is 9.78 Å². The van der Waals surface area contributed by atoms with Gasteiger partial charge in [0.05, 0.1) is 0 Å². The fourth-order valence-corrected chi connectivity index (χ4v) is 2.95. The Morgan fingerprint density at radius 1 is 1.40 bits per heavy atom. The lowest BCUT2D eigenvalue weighted by atomic mass is 9.94. The monoisotopic (exact) mass is 277 g/mol. The summed E-state index contributed by atoms with van der Waals surface area (Å²) < 4.78 is 1.41. The third-order valence-corrected chi connectivity index (χ3v) is 3.97. The summed E-state index contributed by atoms with van der Waals surface area (Å²) in [4.78, 5) is 29.8. The summed E-state index contributed by atoms with van der Waals surface area (Å²) in [6.45, 7) is 4.67. The maximum Gasteiger partial charge on any atom is 0.347 e. The molecule has 110 valence electrons. The Bertz CT molecular complexity index is 518. The molecule has 0 spiro atoms. The number of carbonyl (C=O) groups is 1. The lowest BCUT2D eigenvalue weighted by molar-refractivity contribution is -0.134. The van der Waals surface area contributed by atoms with Gasteiger partial charge in [0.25, 0.3) is 0 Å². The number of aromatic nitrogens is 2. The van der Waals surface area contributed by atoms with Gasteiger partial charge in [-0.05, 0) is 32.3 Å². The van der Waals surface area contributed by atoms with E-state index in [9.17, 15) is 9.59 Å². The molecule has 0 atom stereocenters. The fourth-order valence-electron chi connectivity index (χ4n) is 2.95. The SMILES string of the molecule is CCN(C(=O)Cn1cc(C)cnc1=O)C1CCCCC1. The van der Waals surface area contributed by atoms with Crippen molar-refractivity contribution in [2.24, 2.45) is 0 Å².